The highest BCUT2D eigenvalue weighted by atomic mass is 14.7. The first kappa shape index (κ1) is 12.9. The summed E-state index contributed by atoms with van der Waals surface area (Å²) >= 11 is 0. The van der Waals surface area contributed by atoms with Crippen LogP contribution in [0.25, 0.3) is 22.3 Å². The van der Waals surface area contributed by atoms with Crippen LogP contribution in [0.1, 0.15) is 5.69 Å². The summed E-state index contributed by atoms with van der Waals surface area (Å²) in [6.45, 7) is 0. The van der Waals surface area contributed by atoms with E-state index in [9.17, 15) is 0 Å². The number of rotatable bonds is 3. The first-order valence-electron chi connectivity index (χ1n) is 6.55. The van der Waals surface area contributed by atoms with Crippen LogP contribution in [0.3, 0.4) is 0 Å². The van der Waals surface area contributed by atoms with Gasteiger partial charge >= 0.3 is 0 Å². The minimum atomic E-state index is 0.286. The van der Waals surface area contributed by atoms with Gasteiger partial charge in [0.1, 0.15) is 0 Å². The molecule has 0 radical (unpaired) electrons. The van der Waals surface area contributed by atoms with Gasteiger partial charge in [-0.3, -0.25) is 15.0 Å². The van der Waals surface area contributed by atoms with Gasteiger partial charge in [-0.2, -0.15) is 5.26 Å². The zero-order valence-electron chi connectivity index (χ0n) is 11.3. The smallest absolute Gasteiger partial charge is 0.0781 e. The second kappa shape index (κ2) is 5.93. The average Bonchev–Trinajstić information content (AvgIpc) is 2.57. The van der Waals surface area contributed by atoms with E-state index in [1.165, 1.54) is 0 Å². The molecule has 0 aromatic carbocycles. The number of aromatic nitrogens is 3. The Balaban J connectivity index is 2.14. The molecule has 4 heteroatoms. The lowest BCUT2D eigenvalue weighted by atomic mass is 9.99. The van der Waals surface area contributed by atoms with Gasteiger partial charge in [-0.05, 0) is 41.5 Å². The van der Waals surface area contributed by atoms with Gasteiger partial charge in [-0.25, -0.2) is 0 Å². The van der Waals surface area contributed by atoms with Crippen LogP contribution < -0.4 is 0 Å². The first-order valence-corrected chi connectivity index (χ1v) is 6.55. The molecule has 0 fully saturated rings. The SMILES string of the molecule is N#CCc1ncc(-c2ccncc2)cc1-c1ccncc1. The van der Waals surface area contributed by atoms with Gasteiger partial charge in [0.05, 0.1) is 18.2 Å². The molecule has 0 spiro atoms. The van der Waals surface area contributed by atoms with Gasteiger partial charge in [0.2, 0.25) is 0 Å². The molecule has 3 rings (SSSR count). The van der Waals surface area contributed by atoms with Gasteiger partial charge in [-0.1, -0.05) is 0 Å². The molecule has 0 saturated heterocycles. The molecule has 3 aromatic rings. The third-order valence-electron chi connectivity index (χ3n) is 3.22. The highest BCUT2D eigenvalue weighted by Gasteiger charge is 2.09. The summed E-state index contributed by atoms with van der Waals surface area (Å²) in [4.78, 5) is 12.5. The molecule has 3 heterocycles. The average molecular weight is 272 g/mol. The Kier molecular flexibility index (Phi) is 3.66. The molecule has 3 aromatic heterocycles. The molecule has 0 saturated carbocycles. The molecule has 0 amide bonds. The van der Waals surface area contributed by atoms with Crippen LogP contribution in [0.4, 0.5) is 0 Å². The number of nitrogens with zero attached hydrogens (tertiary/aromatic N) is 4. The maximum absolute atomic E-state index is 8.97. The fraction of sp³-hybridized carbons (Fsp3) is 0.0588. The second-order valence-electron chi connectivity index (χ2n) is 4.52. The van der Waals surface area contributed by atoms with E-state index in [0.717, 1.165) is 27.9 Å². The standard InChI is InChI=1S/C17H12N4/c18-6-1-17-16(14-4-9-20-10-5-14)11-15(12-21-17)13-2-7-19-8-3-13/h2-5,7-12H,1H2. The van der Waals surface area contributed by atoms with E-state index in [-0.39, 0.29) is 6.42 Å². The highest BCUT2D eigenvalue weighted by Crippen LogP contribution is 2.27. The Bertz CT molecular complexity index is 777. The van der Waals surface area contributed by atoms with Gasteiger partial charge in [0.15, 0.2) is 0 Å². The summed E-state index contributed by atoms with van der Waals surface area (Å²) in [6.07, 6.45) is 9.07. The van der Waals surface area contributed by atoms with Crippen molar-refractivity contribution in [2.45, 2.75) is 6.42 Å². The first-order chi connectivity index (χ1) is 10.4. The van der Waals surface area contributed by atoms with Crippen LogP contribution in [0.5, 0.6) is 0 Å². The summed E-state index contributed by atoms with van der Waals surface area (Å²) in [7, 11) is 0. The molecule has 0 atom stereocenters. The van der Waals surface area contributed by atoms with Crippen molar-refractivity contribution in [2.75, 3.05) is 0 Å². The number of nitriles is 1. The van der Waals surface area contributed by atoms with E-state index in [4.69, 9.17) is 5.26 Å². The minimum Gasteiger partial charge on any atom is -0.265 e. The monoisotopic (exact) mass is 272 g/mol. The predicted octanol–water partition coefficient (Wildman–Crippen LogP) is 3.27. The van der Waals surface area contributed by atoms with Crippen molar-refractivity contribution in [3.8, 4) is 28.3 Å². The Morgan fingerprint density at radius 3 is 2.10 bits per heavy atom. The van der Waals surface area contributed by atoms with Crippen molar-refractivity contribution in [3.05, 3.63) is 67.0 Å². The van der Waals surface area contributed by atoms with Crippen molar-refractivity contribution in [1.82, 2.24) is 15.0 Å². The summed E-state index contributed by atoms with van der Waals surface area (Å²) in [6, 6.07) is 12.0. The van der Waals surface area contributed by atoms with Gasteiger partial charge in [-0.15, -0.1) is 0 Å². The van der Waals surface area contributed by atoms with Crippen LogP contribution in [-0.2, 0) is 6.42 Å². The zero-order chi connectivity index (χ0) is 14.5. The zero-order valence-corrected chi connectivity index (χ0v) is 11.3. The fourth-order valence-electron chi connectivity index (χ4n) is 2.19. The maximum Gasteiger partial charge on any atom is 0.0781 e. The predicted molar refractivity (Wildman–Crippen MR) is 80.0 cm³/mol. The van der Waals surface area contributed by atoms with Gasteiger partial charge in [0, 0.05) is 42.1 Å². The molecule has 100 valence electrons. The molecular formula is C17H12N4. The maximum atomic E-state index is 8.97. The van der Waals surface area contributed by atoms with Crippen LogP contribution in [0.2, 0.25) is 0 Å². The minimum absolute atomic E-state index is 0.286. The summed E-state index contributed by atoms with van der Waals surface area (Å²) < 4.78 is 0. The van der Waals surface area contributed by atoms with Crippen LogP contribution >= 0.6 is 0 Å². The van der Waals surface area contributed by atoms with E-state index in [1.54, 1.807) is 31.0 Å². The summed E-state index contributed by atoms with van der Waals surface area (Å²) in [5, 5.41) is 8.97. The number of hydrogen-bond acceptors (Lipinski definition) is 4. The lowest BCUT2D eigenvalue weighted by Gasteiger charge is -2.09. The molecule has 0 aliphatic rings. The summed E-state index contributed by atoms with van der Waals surface area (Å²) in [5.74, 6) is 0. The van der Waals surface area contributed by atoms with Crippen LogP contribution in [-0.4, -0.2) is 15.0 Å². The third kappa shape index (κ3) is 2.77. The van der Waals surface area contributed by atoms with Crippen molar-refractivity contribution in [3.63, 3.8) is 0 Å². The highest BCUT2D eigenvalue weighted by molar-refractivity contribution is 5.73. The lowest BCUT2D eigenvalue weighted by molar-refractivity contribution is 1.12. The molecule has 0 aliphatic carbocycles. The van der Waals surface area contributed by atoms with Crippen LogP contribution in [0, 0.1) is 11.3 Å². The number of pyridine rings is 3. The molecule has 0 bridgehead atoms. The van der Waals surface area contributed by atoms with Crippen LogP contribution in [0.15, 0.2) is 61.3 Å². The third-order valence-corrected chi connectivity index (χ3v) is 3.22. The van der Waals surface area contributed by atoms with Gasteiger partial charge in [0.25, 0.3) is 0 Å². The number of hydrogen-bond donors (Lipinski definition) is 0. The lowest BCUT2D eigenvalue weighted by Crippen LogP contribution is -1.94. The molecule has 21 heavy (non-hydrogen) atoms. The molecule has 0 N–H and O–H groups in total. The van der Waals surface area contributed by atoms with Crippen molar-refractivity contribution in [2.24, 2.45) is 0 Å². The van der Waals surface area contributed by atoms with E-state index in [1.807, 2.05) is 24.3 Å². The molecule has 0 aliphatic heterocycles. The van der Waals surface area contributed by atoms with E-state index < -0.39 is 0 Å². The van der Waals surface area contributed by atoms with Crippen molar-refractivity contribution in [1.29, 1.82) is 5.26 Å². The Morgan fingerprint density at radius 1 is 0.857 bits per heavy atom. The van der Waals surface area contributed by atoms with E-state index in [2.05, 4.69) is 27.1 Å². The topological polar surface area (TPSA) is 62.5 Å². The Hall–Kier alpha value is -3.06. The molecular weight excluding hydrogens is 260 g/mol. The van der Waals surface area contributed by atoms with Crippen molar-refractivity contribution >= 4 is 0 Å². The van der Waals surface area contributed by atoms with E-state index in [0.29, 0.717) is 0 Å². The Morgan fingerprint density at radius 2 is 1.48 bits per heavy atom. The second-order valence-corrected chi connectivity index (χ2v) is 4.52. The largest absolute Gasteiger partial charge is 0.265 e. The molecule has 4 nitrogen and oxygen atoms in total. The Labute approximate surface area is 122 Å². The fourth-order valence-corrected chi connectivity index (χ4v) is 2.19. The quantitative estimate of drug-likeness (QED) is 0.734. The van der Waals surface area contributed by atoms with E-state index >= 15 is 0 Å². The normalized spacial score (nSPS) is 10.0. The molecule has 0 unspecified atom stereocenters. The summed E-state index contributed by atoms with van der Waals surface area (Å²) in [5.41, 5.74) is 4.82. The van der Waals surface area contributed by atoms with Gasteiger partial charge < -0.3 is 0 Å². The van der Waals surface area contributed by atoms with Crippen molar-refractivity contribution < 1.29 is 0 Å².